The number of morpholine rings is 1. The van der Waals surface area contributed by atoms with Crippen LogP contribution in [0.1, 0.15) is 50.1 Å². The summed E-state index contributed by atoms with van der Waals surface area (Å²) in [4.78, 5) is 7.16. The third-order valence-corrected chi connectivity index (χ3v) is 5.47. The van der Waals surface area contributed by atoms with Crippen LogP contribution in [0.5, 0.6) is 5.75 Å². The molecule has 2 atom stereocenters. The molecular weight excluding hydrogens is 318 g/mol. The molecule has 2 fully saturated rings. The summed E-state index contributed by atoms with van der Waals surface area (Å²) in [5, 5.41) is 4.22. The van der Waals surface area contributed by atoms with E-state index in [-0.39, 0.29) is 11.5 Å². The maximum absolute atomic E-state index is 6.00. The molecule has 134 valence electrons. The van der Waals surface area contributed by atoms with Crippen molar-refractivity contribution in [3.8, 4) is 5.75 Å². The third kappa shape index (κ3) is 3.04. The van der Waals surface area contributed by atoms with Crippen molar-refractivity contribution in [1.29, 1.82) is 0 Å². The molecular formula is C19H25N3O3. The fraction of sp³-hybridized carbons (Fsp3) is 0.579. The SMILES string of the molecule is COc1ccc(C(C)(C)c2nc([C@H]3CN4CCC[C@H]4CO3)no2)cc1. The van der Waals surface area contributed by atoms with E-state index in [1.165, 1.54) is 12.8 Å². The number of methoxy groups -OCH3 is 1. The van der Waals surface area contributed by atoms with Crippen molar-refractivity contribution in [2.75, 3.05) is 26.8 Å². The van der Waals surface area contributed by atoms with Crippen LogP contribution in [0.2, 0.25) is 0 Å². The second kappa shape index (κ2) is 6.42. The molecule has 1 aromatic carbocycles. The minimum atomic E-state index is -0.373. The molecule has 0 spiro atoms. The number of aromatic nitrogens is 2. The molecule has 0 unspecified atom stereocenters. The molecule has 0 radical (unpaired) electrons. The van der Waals surface area contributed by atoms with E-state index in [2.05, 4.69) is 28.9 Å². The predicted molar refractivity (Wildman–Crippen MR) is 92.7 cm³/mol. The number of nitrogens with zero attached hydrogens (tertiary/aromatic N) is 3. The van der Waals surface area contributed by atoms with Crippen LogP contribution in [0.4, 0.5) is 0 Å². The maximum Gasteiger partial charge on any atom is 0.236 e. The standard InChI is InChI=1S/C19H25N3O3/c1-19(2,13-6-8-15(23-3)9-7-13)18-20-17(21-25-18)16-11-22-10-4-5-14(22)12-24-16/h6-9,14,16H,4-5,10-12H2,1-3H3/t14-,16+/m0/s1. The molecule has 2 saturated heterocycles. The van der Waals surface area contributed by atoms with Gasteiger partial charge in [-0.3, -0.25) is 4.90 Å². The van der Waals surface area contributed by atoms with Crippen LogP contribution < -0.4 is 4.74 Å². The summed E-state index contributed by atoms with van der Waals surface area (Å²) in [6, 6.07) is 8.54. The first-order chi connectivity index (χ1) is 12.1. The Morgan fingerprint density at radius 1 is 1.24 bits per heavy atom. The average Bonchev–Trinajstić information content (AvgIpc) is 3.30. The Hall–Kier alpha value is -1.92. The highest BCUT2D eigenvalue weighted by Crippen LogP contribution is 2.33. The highest BCUT2D eigenvalue weighted by atomic mass is 16.5. The summed E-state index contributed by atoms with van der Waals surface area (Å²) < 4.78 is 16.8. The van der Waals surface area contributed by atoms with E-state index in [1.54, 1.807) is 7.11 Å². The Balaban J connectivity index is 1.53. The Labute approximate surface area is 148 Å². The monoisotopic (exact) mass is 343 g/mol. The van der Waals surface area contributed by atoms with Gasteiger partial charge >= 0.3 is 0 Å². The van der Waals surface area contributed by atoms with E-state index in [9.17, 15) is 0 Å². The molecule has 6 heteroatoms. The van der Waals surface area contributed by atoms with Crippen molar-refractivity contribution in [1.82, 2.24) is 15.0 Å². The Kier molecular flexibility index (Phi) is 4.25. The molecule has 4 rings (SSSR count). The first-order valence-electron chi connectivity index (χ1n) is 8.92. The van der Waals surface area contributed by atoms with Crippen LogP contribution in [-0.4, -0.2) is 47.9 Å². The molecule has 1 aromatic heterocycles. The van der Waals surface area contributed by atoms with E-state index in [1.807, 2.05) is 24.3 Å². The van der Waals surface area contributed by atoms with E-state index >= 15 is 0 Å². The number of fused-ring (bicyclic) bond motifs is 1. The van der Waals surface area contributed by atoms with Crippen molar-refractivity contribution < 1.29 is 14.0 Å². The second-order valence-electron chi connectivity index (χ2n) is 7.42. The van der Waals surface area contributed by atoms with Gasteiger partial charge in [0.2, 0.25) is 11.7 Å². The second-order valence-corrected chi connectivity index (χ2v) is 7.42. The smallest absolute Gasteiger partial charge is 0.236 e. The van der Waals surface area contributed by atoms with Crippen LogP contribution >= 0.6 is 0 Å². The van der Waals surface area contributed by atoms with Gasteiger partial charge in [-0.1, -0.05) is 17.3 Å². The summed E-state index contributed by atoms with van der Waals surface area (Å²) >= 11 is 0. The van der Waals surface area contributed by atoms with Gasteiger partial charge in [0.1, 0.15) is 11.9 Å². The van der Waals surface area contributed by atoms with Gasteiger partial charge in [0.25, 0.3) is 0 Å². The van der Waals surface area contributed by atoms with Crippen molar-refractivity contribution in [3.05, 3.63) is 41.5 Å². The Morgan fingerprint density at radius 3 is 2.80 bits per heavy atom. The lowest BCUT2D eigenvalue weighted by Gasteiger charge is -2.33. The van der Waals surface area contributed by atoms with E-state index in [0.717, 1.165) is 31.0 Å². The normalized spacial score (nSPS) is 24.3. The topological polar surface area (TPSA) is 60.6 Å². The zero-order valence-electron chi connectivity index (χ0n) is 15.1. The van der Waals surface area contributed by atoms with Gasteiger partial charge in [0.05, 0.1) is 19.1 Å². The zero-order valence-corrected chi connectivity index (χ0v) is 15.1. The van der Waals surface area contributed by atoms with E-state index in [0.29, 0.717) is 17.8 Å². The zero-order chi connectivity index (χ0) is 17.4. The molecule has 2 aliphatic rings. The van der Waals surface area contributed by atoms with Crippen LogP contribution in [0.3, 0.4) is 0 Å². The highest BCUT2D eigenvalue weighted by Gasteiger charge is 2.36. The first kappa shape index (κ1) is 16.5. The number of benzene rings is 1. The van der Waals surface area contributed by atoms with Gasteiger partial charge in [-0.05, 0) is 50.9 Å². The van der Waals surface area contributed by atoms with E-state index < -0.39 is 0 Å². The van der Waals surface area contributed by atoms with Crippen molar-refractivity contribution in [3.63, 3.8) is 0 Å². The largest absolute Gasteiger partial charge is 0.497 e. The summed E-state index contributed by atoms with van der Waals surface area (Å²) in [6.45, 7) is 6.93. The molecule has 2 aromatic rings. The molecule has 0 amide bonds. The van der Waals surface area contributed by atoms with Crippen LogP contribution in [-0.2, 0) is 10.2 Å². The quantitative estimate of drug-likeness (QED) is 0.851. The lowest BCUT2D eigenvalue weighted by molar-refractivity contribution is -0.0548. The minimum Gasteiger partial charge on any atom is -0.497 e. The maximum atomic E-state index is 6.00. The van der Waals surface area contributed by atoms with Gasteiger partial charge in [0, 0.05) is 12.6 Å². The minimum absolute atomic E-state index is 0.0986. The van der Waals surface area contributed by atoms with Crippen LogP contribution in [0.25, 0.3) is 0 Å². The first-order valence-corrected chi connectivity index (χ1v) is 8.92. The molecule has 0 aliphatic carbocycles. The average molecular weight is 343 g/mol. The molecule has 2 aliphatic heterocycles. The predicted octanol–water partition coefficient (Wildman–Crippen LogP) is 2.94. The highest BCUT2D eigenvalue weighted by molar-refractivity contribution is 5.35. The van der Waals surface area contributed by atoms with Gasteiger partial charge < -0.3 is 14.0 Å². The summed E-state index contributed by atoms with van der Waals surface area (Å²) in [7, 11) is 1.67. The number of rotatable bonds is 4. The summed E-state index contributed by atoms with van der Waals surface area (Å²) in [5.41, 5.74) is 0.732. The van der Waals surface area contributed by atoms with Gasteiger partial charge in [-0.2, -0.15) is 4.98 Å². The Bertz CT molecular complexity index is 726. The molecule has 0 N–H and O–H groups in total. The van der Waals surface area contributed by atoms with Crippen molar-refractivity contribution >= 4 is 0 Å². The lowest BCUT2D eigenvalue weighted by atomic mass is 9.84. The summed E-state index contributed by atoms with van der Waals surface area (Å²) in [6.07, 6.45) is 2.38. The van der Waals surface area contributed by atoms with Gasteiger partial charge in [-0.25, -0.2) is 0 Å². The van der Waals surface area contributed by atoms with Crippen molar-refractivity contribution in [2.24, 2.45) is 0 Å². The molecule has 0 saturated carbocycles. The van der Waals surface area contributed by atoms with Gasteiger partial charge in [-0.15, -0.1) is 0 Å². The number of hydrogen-bond acceptors (Lipinski definition) is 6. The van der Waals surface area contributed by atoms with Gasteiger partial charge in [0.15, 0.2) is 0 Å². The fourth-order valence-electron chi connectivity index (χ4n) is 3.72. The number of hydrogen-bond donors (Lipinski definition) is 0. The molecule has 6 nitrogen and oxygen atoms in total. The molecule has 0 bridgehead atoms. The summed E-state index contributed by atoms with van der Waals surface area (Å²) in [5.74, 6) is 2.10. The fourth-order valence-corrected chi connectivity index (χ4v) is 3.72. The van der Waals surface area contributed by atoms with Crippen LogP contribution in [0, 0.1) is 0 Å². The lowest BCUT2D eigenvalue weighted by Crippen LogP contribution is -2.42. The molecule has 3 heterocycles. The number of ether oxygens (including phenoxy) is 2. The third-order valence-electron chi connectivity index (χ3n) is 5.47. The Morgan fingerprint density at radius 2 is 2.04 bits per heavy atom. The van der Waals surface area contributed by atoms with E-state index in [4.69, 9.17) is 14.0 Å². The van der Waals surface area contributed by atoms with Crippen LogP contribution in [0.15, 0.2) is 28.8 Å². The molecule has 25 heavy (non-hydrogen) atoms. The van der Waals surface area contributed by atoms with Crippen molar-refractivity contribution in [2.45, 2.75) is 44.2 Å².